The Morgan fingerprint density at radius 1 is 1.46 bits per heavy atom. The van der Waals surface area contributed by atoms with E-state index in [0.717, 1.165) is 12.7 Å². The third-order valence-corrected chi connectivity index (χ3v) is 3.84. The minimum absolute atomic E-state index is 0.404. The molecule has 0 saturated heterocycles. The molecule has 0 aromatic carbocycles. The molecule has 0 spiro atoms. The Kier molecular flexibility index (Phi) is 6.48. The molecule has 1 unspecified atom stereocenters. The SMILES string of the molecule is CSC(C)(C)CCCC(C)CC=O. The van der Waals surface area contributed by atoms with E-state index in [2.05, 4.69) is 27.0 Å². The Morgan fingerprint density at radius 2 is 2.08 bits per heavy atom. The van der Waals surface area contributed by atoms with Crippen LogP contribution >= 0.6 is 11.8 Å². The topological polar surface area (TPSA) is 17.1 Å². The van der Waals surface area contributed by atoms with E-state index in [9.17, 15) is 4.79 Å². The summed E-state index contributed by atoms with van der Waals surface area (Å²) in [5.41, 5.74) is 0. The van der Waals surface area contributed by atoms with Gasteiger partial charge in [-0.25, -0.2) is 0 Å². The summed E-state index contributed by atoms with van der Waals surface area (Å²) in [5.74, 6) is 0.565. The second kappa shape index (κ2) is 6.47. The van der Waals surface area contributed by atoms with Crippen LogP contribution in [-0.2, 0) is 4.79 Å². The van der Waals surface area contributed by atoms with Crippen molar-refractivity contribution in [2.75, 3.05) is 6.26 Å². The highest BCUT2D eigenvalue weighted by Gasteiger charge is 2.15. The van der Waals surface area contributed by atoms with Crippen LogP contribution in [0.2, 0.25) is 0 Å². The Bertz CT molecular complexity index is 143. The van der Waals surface area contributed by atoms with Gasteiger partial charge in [-0.2, -0.15) is 11.8 Å². The van der Waals surface area contributed by atoms with Crippen molar-refractivity contribution in [3.63, 3.8) is 0 Å². The van der Waals surface area contributed by atoms with Gasteiger partial charge >= 0.3 is 0 Å². The maximum Gasteiger partial charge on any atom is 0.120 e. The standard InChI is InChI=1S/C11H22OS/c1-10(7-9-12)6-5-8-11(2,3)13-4/h9-10H,5-8H2,1-4H3. The lowest BCUT2D eigenvalue weighted by Gasteiger charge is -2.22. The second-order valence-corrected chi connectivity index (χ2v) is 5.88. The van der Waals surface area contributed by atoms with Gasteiger partial charge in [-0.05, 0) is 18.6 Å². The van der Waals surface area contributed by atoms with Crippen LogP contribution in [0.4, 0.5) is 0 Å². The fourth-order valence-corrected chi connectivity index (χ4v) is 1.61. The van der Waals surface area contributed by atoms with E-state index in [0.29, 0.717) is 10.7 Å². The van der Waals surface area contributed by atoms with Crippen molar-refractivity contribution in [3.05, 3.63) is 0 Å². The lowest BCUT2D eigenvalue weighted by atomic mass is 9.97. The molecule has 2 heteroatoms. The predicted octanol–water partition coefficient (Wildman–Crippen LogP) is 3.52. The molecule has 0 aliphatic heterocycles. The number of aldehydes is 1. The summed E-state index contributed by atoms with van der Waals surface area (Å²) in [5, 5.41) is 0. The number of rotatable bonds is 7. The van der Waals surface area contributed by atoms with Crippen LogP contribution in [0.3, 0.4) is 0 Å². The molecule has 0 amide bonds. The van der Waals surface area contributed by atoms with E-state index in [4.69, 9.17) is 0 Å². The fraction of sp³-hybridized carbons (Fsp3) is 0.909. The molecule has 0 aliphatic carbocycles. The summed E-state index contributed by atoms with van der Waals surface area (Å²) in [6, 6.07) is 0. The molecule has 1 atom stereocenters. The van der Waals surface area contributed by atoms with Gasteiger partial charge in [0.15, 0.2) is 0 Å². The summed E-state index contributed by atoms with van der Waals surface area (Å²) < 4.78 is 0.404. The highest BCUT2D eigenvalue weighted by molar-refractivity contribution is 7.99. The molecule has 0 rings (SSSR count). The maximum atomic E-state index is 10.2. The zero-order valence-electron chi connectivity index (χ0n) is 9.30. The van der Waals surface area contributed by atoms with E-state index in [1.165, 1.54) is 19.3 Å². The van der Waals surface area contributed by atoms with Gasteiger partial charge in [-0.15, -0.1) is 0 Å². The van der Waals surface area contributed by atoms with E-state index >= 15 is 0 Å². The van der Waals surface area contributed by atoms with Crippen molar-refractivity contribution in [2.24, 2.45) is 5.92 Å². The molecule has 78 valence electrons. The molecule has 0 bridgehead atoms. The minimum atomic E-state index is 0.404. The number of hydrogen-bond donors (Lipinski definition) is 0. The second-order valence-electron chi connectivity index (χ2n) is 4.36. The smallest absolute Gasteiger partial charge is 0.120 e. The first-order chi connectivity index (χ1) is 6.02. The molecule has 0 fully saturated rings. The quantitative estimate of drug-likeness (QED) is 0.588. The molecule has 0 N–H and O–H groups in total. The van der Waals surface area contributed by atoms with Crippen LogP contribution in [0.25, 0.3) is 0 Å². The van der Waals surface area contributed by atoms with E-state index in [1.54, 1.807) is 0 Å². The van der Waals surface area contributed by atoms with Gasteiger partial charge in [0, 0.05) is 11.2 Å². The van der Waals surface area contributed by atoms with Crippen LogP contribution in [0.1, 0.15) is 46.5 Å². The van der Waals surface area contributed by atoms with Gasteiger partial charge < -0.3 is 4.79 Å². The Hall–Kier alpha value is 0.0200. The molecule has 0 heterocycles. The predicted molar refractivity (Wildman–Crippen MR) is 61.3 cm³/mol. The van der Waals surface area contributed by atoms with Gasteiger partial charge in [0.1, 0.15) is 6.29 Å². The number of carbonyl (C=O) groups is 1. The Labute approximate surface area is 86.7 Å². The van der Waals surface area contributed by atoms with Crippen LogP contribution in [0.5, 0.6) is 0 Å². The molecule has 0 aromatic rings. The minimum Gasteiger partial charge on any atom is -0.303 e. The summed E-state index contributed by atoms with van der Waals surface area (Å²) in [6.07, 6.45) is 7.59. The fourth-order valence-electron chi connectivity index (χ4n) is 1.26. The van der Waals surface area contributed by atoms with Crippen molar-refractivity contribution >= 4 is 18.0 Å². The van der Waals surface area contributed by atoms with Crippen LogP contribution in [-0.4, -0.2) is 17.3 Å². The van der Waals surface area contributed by atoms with E-state index in [-0.39, 0.29) is 0 Å². The van der Waals surface area contributed by atoms with Crippen molar-refractivity contribution < 1.29 is 4.79 Å². The first kappa shape index (κ1) is 13.0. The molecular weight excluding hydrogens is 180 g/mol. The van der Waals surface area contributed by atoms with Crippen LogP contribution in [0.15, 0.2) is 0 Å². The van der Waals surface area contributed by atoms with E-state index < -0.39 is 0 Å². The largest absolute Gasteiger partial charge is 0.303 e. The first-order valence-electron chi connectivity index (χ1n) is 5.00. The molecule has 0 aromatic heterocycles. The molecule has 0 radical (unpaired) electrons. The van der Waals surface area contributed by atoms with Crippen molar-refractivity contribution in [1.82, 2.24) is 0 Å². The maximum absolute atomic E-state index is 10.2. The lowest BCUT2D eigenvalue weighted by Crippen LogP contribution is -2.13. The summed E-state index contributed by atoms with van der Waals surface area (Å²) >= 11 is 1.92. The average Bonchev–Trinajstić information content (AvgIpc) is 2.05. The van der Waals surface area contributed by atoms with Crippen molar-refractivity contribution in [1.29, 1.82) is 0 Å². The van der Waals surface area contributed by atoms with Gasteiger partial charge in [0.2, 0.25) is 0 Å². The Morgan fingerprint density at radius 3 is 2.54 bits per heavy atom. The molecule has 1 nitrogen and oxygen atoms in total. The van der Waals surface area contributed by atoms with Crippen LogP contribution in [0, 0.1) is 5.92 Å². The molecular formula is C11H22OS. The number of hydrogen-bond acceptors (Lipinski definition) is 2. The van der Waals surface area contributed by atoms with Gasteiger partial charge in [0.25, 0.3) is 0 Å². The van der Waals surface area contributed by atoms with Crippen molar-refractivity contribution in [2.45, 2.75) is 51.2 Å². The molecule has 0 aliphatic rings. The molecule has 13 heavy (non-hydrogen) atoms. The first-order valence-corrected chi connectivity index (χ1v) is 6.23. The summed E-state index contributed by atoms with van der Waals surface area (Å²) in [7, 11) is 0. The number of carbonyl (C=O) groups excluding carboxylic acids is 1. The third kappa shape index (κ3) is 7.12. The van der Waals surface area contributed by atoms with Crippen molar-refractivity contribution in [3.8, 4) is 0 Å². The normalized spacial score (nSPS) is 14.2. The lowest BCUT2D eigenvalue weighted by molar-refractivity contribution is -0.108. The van der Waals surface area contributed by atoms with Gasteiger partial charge in [-0.3, -0.25) is 0 Å². The zero-order chi connectivity index (χ0) is 10.3. The molecule has 0 saturated carbocycles. The highest BCUT2D eigenvalue weighted by atomic mass is 32.2. The van der Waals surface area contributed by atoms with Crippen LogP contribution < -0.4 is 0 Å². The Balaban J connectivity index is 3.49. The van der Waals surface area contributed by atoms with Gasteiger partial charge in [-0.1, -0.05) is 33.6 Å². The number of thioether (sulfide) groups is 1. The third-order valence-electron chi connectivity index (χ3n) is 2.53. The van der Waals surface area contributed by atoms with Gasteiger partial charge in [0.05, 0.1) is 0 Å². The average molecular weight is 202 g/mol. The highest BCUT2D eigenvalue weighted by Crippen LogP contribution is 2.28. The van der Waals surface area contributed by atoms with E-state index in [1.807, 2.05) is 11.8 Å². The summed E-state index contributed by atoms with van der Waals surface area (Å²) in [4.78, 5) is 10.2. The monoisotopic (exact) mass is 202 g/mol. The summed E-state index contributed by atoms with van der Waals surface area (Å²) in [6.45, 7) is 6.71. The zero-order valence-corrected chi connectivity index (χ0v) is 10.1.